The minimum Gasteiger partial charge on any atom is -0.295 e. The summed E-state index contributed by atoms with van der Waals surface area (Å²) in [6, 6.07) is 10.4. The van der Waals surface area contributed by atoms with Crippen molar-refractivity contribution in [1.29, 1.82) is 0 Å². The summed E-state index contributed by atoms with van der Waals surface area (Å²) >= 11 is 0. The van der Waals surface area contributed by atoms with Crippen LogP contribution in [-0.2, 0) is 0 Å². The first-order valence-electron chi connectivity index (χ1n) is 56.2. The highest BCUT2D eigenvalue weighted by atomic mass is 15.3. The summed E-state index contributed by atoms with van der Waals surface area (Å²) in [5, 5.41) is 0. The average molecular weight is 1570 g/mol. The van der Waals surface area contributed by atoms with E-state index in [2.05, 4.69) is 19.6 Å². The third kappa shape index (κ3) is 13.9. The van der Waals surface area contributed by atoms with Crippen molar-refractivity contribution in [3.63, 3.8) is 0 Å². The van der Waals surface area contributed by atoms with Gasteiger partial charge < -0.3 is 0 Å². The molecule has 4 aliphatic heterocycles. The molecule has 4 saturated heterocycles. The maximum absolute atomic E-state index is 4.15. The van der Waals surface area contributed by atoms with Crippen LogP contribution in [0.4, 0.5) is 0 Å². The molecule has 0 aromatic carbocycles. The van der Waals surface area contributed by atoms with Crippen molar-refractivity contribution in [2.24, 2.45) is 154 Å². The zero-order valence-corrected chi connectivity index (χ0v) is 74.8. The summed E-state index contributed by atoms with van der Waals surface area (Å²) in [5.41, 5.74) is 0. The van der Waals surface area contributed by atoms with E-state index in [1.165, 1.54) is 0 Å². The summed E-state index contributed by atoms with van der Waals surface area (Å²) in [7, 11) is 0. The van der Waals surface area contributed by atoms with Crippen LogP contribution in [0.3, 0.4) is 0 Å². The molecule has 0 bridgehead atoms. The third-order valence-corrected chi connectivity index (χ3v) is 47.0. The lowest BCUT2D eigenvalue weighted by Gasteiger charge is -2.73. The molecule has 4 heterocycles. The summed E-state index contributed by atoms with van der Waals surface area (Å²) in [6.07, 6.45) is 111. The second-order valence-corrected chi connectivity index (χ2v) is 50.5. The van der Waals surface area contributed by atoms with Crippen molar-refractivity contribution in [3.05, 3.63) is 0 Å². The fourth-order valence-electron chi connectivity index (χ4n) is 43.8. The number of nitrogens with zero attached hydrogens (tertiary/aromatic N) is 4. The highest BCUT2D eigenvalue weighted by molar-refractivity contribution is 6.65. The first-order valence-corrected chi connectivity index (χ1v) is 56.2. The summed E-state index contributed by atoms with van der Waals surface area (Å²) in [5.74, 6) is 29.9. The molecule has 5 heteroatoms. The first-order chi connectivity index (χ1) is 57.1. The van der Waals surface area contributed by atoms with Gasteiger partial charge >= 0.3 is 0 Å². The lowest BCUT2D eigenvalue weighted by molar-refractivity contribution is -0.169. The van der Waals surface area contributed by atoms with Gasteiger partial charge in [-0.1, -0.05) is 295 Å². The molecule has 0 spiro atoms. The lowest BCUT2D eigenvalue weighted by Crippen LogP contribution is -2.78. The van der Waals surface area contributed by atoms with Gasteiger partial charge in [0.15, 0.2) is 6.71 Å². The van der Waals surface area contributed by atoms with Gasteiger partial charge in [-0.3, -0.25) is 19.6 Å². The highest BCUT2D eigenvalue weighted by Crippen LogP contribution is 2.73. The molecule has 31 atom stereocenters. The Bertz CT molecular complexity index is 3080. The molecule has 0 aromatic heterocycles. The van der Waals surface area contributed by atoms with Crippen molar-refractivity contribution in [2.75, 3.05) is 0 Å². The molecular weight excluding hydrogens is 1390 g/mol. The molecule has 642 valence electrons. The van der Waals surface area contributed by atoms with Gasteiger partial charge in [0.1, 0.15) is 0 Å². The predicted octanol–water partition coefficient (Wildman–Crippen LogP) is 28.5. The predicted molar refractivity (Wildman–Crippen MR) is 479 cm³/mol. The van der Waals surface area contributed by atoms with Gasteiger partial charge in [0, 0.05) is 72.5 Å². The minimum atomic E-state index is 0.816. The van der Waals surface area contributed by atoms with Gasteiger partial charge in [-0.25, -0.2) is 0 Å². The molecule has 115 heavy (non-hydrogen) atoms. The normalized spacial score (nSPS) is 52.3. The number of rotatable bonds is 11. The Morgan fingerprint density at radius 3 is 0.948 bits per heavy atom. The molecule has 20 saturated carbocycles. The number of hydrogen-bond donors (Lipinski definition) is 0. The Hall–Kier alpha value is -0.0951. The Labute approximate surface area is 708 Å². The molecule has 24 fully saturated rings. The second-order valence-electron chi connectivity index (χ2n) is 50.5. The van der Waals surface area contributed by atoms with E-state index in [0.717, 1.165) is 251 Å². The van der Waals surface area contributed by atoms with Crippen LogP contribution in [0.15, 0.2) is 0 Å². The zero-order chi connectivity index (χ0) is 75.3. The van der Waals surface area contributed by atoms with Crippen LogP contribution in [0.25, 0.3) is 0 Å². The molecular formula is C110H179BN4. The second kappa shape index (κ2) is 33.9. The maximum Gasteiger partial charge on any atom is 0.156 e. The van der Waals surface area contributed by atoms with Gasteiger partial charge in [-0.05, 0) is 319 Å². The molecule has 0 aromatic rings. The SMILES string of the molecule is C1CCC(C2CC(C3CCCCC3)C(N3C4CCC(C5CCC6CCCC7C8CCCC9CCCC(C98)C5C67)CC4B4C5CCC(N6C7CCCCC7C7CCCCC76)CC5N(C5C(C6CCCCC6)CC(C6CCCCC6)CC5C5CCCCC5)C5CC(N6C7CCCCC7C7CCCCC76)CC3C45)C(C3CCCCC3)C2)CC1. The van der Waals surface area contributed by atoms with Crippen LogP contribution >= 0.6 is 0 Å². The minimum absolute atomic E-state index is 0.816. The van der Waals surface area contributed by atoms with Gasteiger partial charge in [0.05, 0.1) is 0 Å². The molecule has 4 nitrogen and oxygen atoms in total. The Morgan fingerprint density at radius 1 is 0.148 bits per heavy atom. The molecule has 24 aliphatic rings. The van der Waals surface area contributed by atoms with Crippen molar-refractivity contribution < 1.29 is 0 Å². The fourth-order valence-corrected chi connectivity index (χ4v) is 43.8. The topological polar surface area (TPSA) is 13.0 Å². The van der Waals surface area contributed by atoms with Crippen LogP contribution in [-0.4, -0.2) is 98.8 Å². The van der Waals surface area contributed by atoms with Crippen LogP contribution in [0.2, 0.25) is 17.5 Å². The molecule has 20 aliphatic carbocycles. The number of likely N-dealkylation sites (tertiary alicyclic amines) is 2. The van der Waals surface area contributed by atoms with Crippen LogP contribution in [0.5, 0.6) is 0 Å². The fraction of sp³-hybridized carbons (Fsp3) is 1.00. The van der Waals surface area contributed by atoms with Gasteiger partial charge in [0.25, 0.3) is 0 Å². The van der Waals surface area contributed by atoms with E-state index in [0.29, 0.717) is 0 Å². The molecule has 31 unspecified atom stereocenters. The zero-order valence-electron chi connectivity index (χ0n) is 74.8. The van der Waals surface area contributed by atoms with Crippen LogP contribution in [0, 0.1) is 154 Å². The van der Waals surface area contributed by atoms with Crippen LogP contribution < -0.4 is 0 Å². The average Bonchev–Trinajstić information content (AvgIpc) is 1.19. The summed E-state index contributed by atoms with van der Waals surface area (Å²) in [4.78, 5) is 15.7. The van der Waals surface area contributed by atoms with Gasteiger partial charge in [-0.2, -0.15) is 0 Å². The van der Waals surface area contributed by atoms with Crippen LogP contribution in [0.1, 0.15) is 443 Å². The van der Waals surface area contributed by atoms with Crippen molar-refractivity contribution >= 4 is 6.71 Å². The first kappa shape index (κ1) is 78.4. The molecule has 24 rings (SSSR count). The van der Waals surface area contributed by atoms with E-state index in [9.17, 15) is 0 Å². The van der Waals surface area contributed by atoms with E-state index in [4.69, 9.17) is 0 Å². The van der Waals surface area contributed by atoms with Gasteiger partial charge in [0.2, 0.25) is 0 Å². The third-order valence-electron chi connectivity index (χ3n) is 47.0. The molecule has 0 radical (unpaired) electrons. The van der Waals surface area contributed by atoms with E-state index < -0.39 is 0 Å². The standard InChI is InChI=1S/C110H179BN4/c1-7-30-70(31-8-1)79-62-91(72-34-11-3-12-35-72)109(92(63-79)73-36-13-4-14-37-73)114-101-61-57-78(83-59-56-77-44-28-50-89-88-49-27-42-76-43-29-51-90(105(76)88)107(83)106(77)89)66-96(101)111-95-60-58-81(112-97-52-23-19-45-84(97)85-46-20-24-53-98(85)112)67-102(95)115(104-69-82(68-103(114)108(104)111)113-99-54-25-21-47-86(99)87-48-22-26-55-100(87)113)110-93(74-38-15-5-16-39-74)64-80(71-32-9-2-10-33-71)65-94(110)75-40-17-6-18-41-75/h70-110H,1-69H2. The van der Waals surface area contributed by atoms with E-state index >= 15 is 0 Å². The Kier molecular flexibility index (Phi) is 23.1. The van der Waals surface area contributed by atoms with Crippen molar-refractivity contribution in [1.82, 2.24) is 19.6 Å². The van der Waals surface area contributed by atoms with Gasteiger partial charge in [-0.15, -0.1) is 0 Å². The smallest absolute Gasteiger partial charge is 0.156 e. The molecule has 0 amide bonds. The van der Waals surface area contributed by atoms with E-state index in [1.54, 1.807) is 443 Å². The maximum atomic E-state index is 4.15. The summed E-state index contributed by atoms with van der Waals surface area (Å²) < 4.78 is 0. The van der Waals surface area contributed by atoms with Crippen molar-refractivity contribution in [3.8, 4) is 0 Å². The number of fused-ring (bicyclic) bond motifs is 12. The van der Waals surface area contributed by atoms with E-state index in [1.807, 2.05) is 0 Å². The quantitative estimate of drug-likeness (QED) is 0.191. The highest BCUT2D eigenvalue weighted by Gasteiger charge is 2.72. The summed E-state index contributed by atoms with van der Waals surface area (Å²) in [6.45, 7) is 0.987. The largest absolute Gasteiger partial charge is 0.295 e. The van der Waals surface area contributed by atoms with E-state index in [-0.39, 0.29) is 0 Å². The molecule has 0 N–H and O–H groups in total. The van der Waals surface area contributed by atoms with Crippen molar-refractivity contribution in [2.45, 2.75) is 533 Å². The Balaban J connectivity index is 0.713. The number of hydrogen-bond acceptors (Lipinski definition) is 4. The lowest BCUT2D eigenvalue weighted by atomic mass is 9.18. The monoisotopic (exact) mass is 1570 g/mol. The Morgan fingerprint density at radius 2 is 0.496 bits per heavy atom.